The Balaban J connectivity index is 1.91. The van der Waals surface area contributed by atoms with E-state index in [2.05, 4.69) is 5.32 Å². The highest BCUT2D eigenvalue weighted by Gasteiger charge is 2.27. The predicted octanol–water partition coefficient (Wildman–Crippen LogP) is 2.66. The molecule has 2 amide bonds. The fourth-order valence-electron chi connectivity index (χ4n) is 2.56. The van der Waals surface area contributed by atoms with Crippen LogP contribution in [0.15, 0.2) is 30.3 Å². The van der Waals surface area contributed by atoms with Crippen molar-refractivity contribution in [3.8, 4) is 0 Å². The average Bonchev–Trinajstić information content (AvgIpc) is 2.48. The van der Waals surface area contributed by atoms with Crippen LogP contribution in [-0.4, -0.2) is 29.8 Å². The highest BCUT2D eigenvalue weighted by Crippen LogP contribution is 2.19. The molecule has 1 aromatic rings. The lowest BCUT2D eigenvalue weighted by Crippen LogP contribution is -2.43. The fraction of sp³-hybridized carbons (Fsp3) is 0.500. The van der Waals surface area contributed by atoms with Crippen LogP contribution >= 0.6 is 0 Å². The maximum atomic E-state index is 12.2. The van der Waals surface area contributed by atoms with Crippen molar-refractivity contribution in [1.29, 1.82) is 0 Å². The number of hydrogen-bond acceptors (Lipinski definition) is 2. The van der Waals surface area contributed by atoms with Gasteiger partial charge in [-0.05, 0) is 31.4 Å². The Labute approximate surface area is 120 Å². The number of rotatable bonds is 4. The van der Waals surface area contributed by atoms with Crippen molar-refractivity contribution in [1.82, 2.24) is 4.90 Å². The van der Waals surface area contributed by atoms with Gasteiger partial charge in [0.15, 0.2) is 0 Å². The Morgan fingerprint density at radius 2 is 2.05 bits per heavy atom. The van der Waals surface area contributed by atoms with Gasteiger partial charge in [-0.1, -0.05) is 25.1 Å². The molecule has 1 saturated heterocycles. The molecule has 0 spiro atoms. The monoisotopic (exact) mass is 274 g/mol. The third kappa shape index (κ3) is 3.83. The first kappa shape index (κ1) is 14.6. The van der Waals surface area contributed by atoms with E-state index in [0.717, 1.165) is 31.5 Å². The highest BCUT2D eigenvalue weighted by atomic mass is 16.2. The maximum absolute atomic E-state index is 12.2. The number of nitrogens with zero attached hydrogens (tertiary/aromatic N) is 1. The second-order valence-electron chi connectivity index (χ2n) is 5.28. The Bertz CT molecular complexity index is 459. The molecule has 4 heteroatoms. The standard InChI is InChI=1S/C16H22N2O2/c1-2-7-15(19)18-11-6-8-13(12-18)16(20)17-14-9-4-3-5-10-14/h3-5,9-10,13H,2,6-8,11-12H2,1H3,(H,17,20). The molecule has 2 rings (SSSR count). The molecule has 1 fully saturated rings. The second kappa shape index (κ2) is 7.08. The van der Waals surface area contributed by atoms with E-state index in [0.29, 0.717) is 13.0 Å². The van der Waals surface area contributed by atoms with Gasteiger partial charge in [0.25, 0.3) is 0 Å². The second-order valence-corrected chi connectivity index (χ2v) is 5.28. The molecule has 1 aliphatic rings. The van der Waals surface area contributed by atoms with Gasteiger partial charge in [-0.2, -0.15) is 0 Å². The van der Waals surface area contributed by atoms with Crippen LogP contribution in [0, 0.1) is 5.92 Å². The number of para-hydroxylation sites is 1. The first-order chi connectivity index (χ1) is 9.70. The third-order valence-corrected chi connectivity index (χ3v) is 3.65. The van der Waals surface area contributed by atoms with Crippen molar-refractivity contribution >= 4 is 17.5 Å². The lowest BCUT2D eigenvalue weighted by molar-refractivity contribution is -0.134. The molecule has 0 aliphatic carbocycles. The first-order valence-corrected chi connectivity index (χ1v) is 7.34. The van der Waals surface area contributed by atoms with Crippen LogP contribution in [0.1, 0.15) is 32.6 Å². The van der Waals surface area contributed by atoms with Gasteiger partial charge < -0.3 is 10.2 Å². The van der Waals surface area contributed by atoms with E-state index in [9.17, 15) is 9.59 Å². The fourth-order valence-corrected chi connectivity index (χ4v) is 2.56. The largest absolute Gasteiger partial charge is 0.342 e. The molecule has 0 radical (unpaired) electrons. The van der Waals surface area contributed by atoms with E-state index >= 15 is 0 Å². The Hall–Kier alpha value is -1.84. The Kier molecular flexibility index (Phi) is 5.16. The van der Waals surface area contributed by atoms with Gasteiger partial charge in [-0.3, -0.25) is 9.59 Å². The van der Waals surface area contributed by atoms with Gasteiger partial charge in [0.1, 0.15) is 0 Å². The van der Waals surface area contributed by atoms with Crippen LogP contribution in [0.3, 0.4) is 0 Å². The Morgan fingerprint density at radius 3 is 2.75 bits per heavy atom. The van der Waals surface area contributed by atoms with E-state index in [1.807, 2.05) is 42.2 Å². The lowest BCUT2D eigenvalue weighted by Gasteiger charge is -2.32. The number of hydrogen-bond donors (Lipinski definition) is 1. The van der Waals surface area contributed by atoms with E-state index < -0.39 is 0 Å². The molecular formula is C16H22N2O2. The number of amides is 2. The molecular weight excluding hydrogens is 252 g/mol. The molecule has 1 aromatic carbocycles. The van der Waals surface area contributed by atoms with Crippen LogP contribution in [-0.2, 0) is 9.59 Å². The first-order valence-electron chi connectivity index (χ1n) is 7.34. The van der Waals surface area contributed by atoms with Crippen LogP contribution in [0.2, 0.25) is 0 Å². The van der Waals surface area contributed by atoms with Gasteiger partial charge in [-0.15, -0.1) is 0 Å². The van der Waals surface area contributed by atoms with Crippen LogP contribution in [0.5, 0.6) is 0 Å². The lowest BCUT2D eigenvalue weighted by atomic mass is 9.96. The number of nitrogens with one attached hydrogen (secondary N) is 1. The zero-order chi connectivity index (χ0) is 14.4. The van der Waals surface area contributed by atoms with Crippen molar-refractivity contribution in [2.24, 2.45) is 5.92 Å². The van der Waals surface area contributed by atoms with Gasteiger partial charge in [0.05, 0.1) is 5.92 Å². The van der Waals surface area contributed by atoms with Gasteiger partial charge in [0.2, 0.25) is 11.8 Å². The summed E-state index contributed by atoms with van der Waals surface area (Å²) in [5, 5.41) is 2.93. The topological polar surface area (TPSA) is 49.4 Å². The molecule has 1 aliphatic heterocycles. The summed E-state index contributed by atoms with van der Waals surface area (Å²) in [7, 11) is 0. The van der Waals surface area contributed by atoms with Crippen LogP contribution in [0.25, 0.3) is 0 Å². The molecule has 1 unspecified atom stereocenters. The van der Waals surface area contributed by atoms with Crippen molar-refractivity contribution in [3.05, 3.63) is 30.3 Å². The number of benzene rings is 1. The van der Waals surface area contributed by atoms with Crippen molar-refractivity contribution in [2.75, 3.05) is 18.4 Å². The minimum absolute atomic E-state index is 0.0187. The highest BCUT2D eigenvalue weighted by molar-refractivity contribution is 5.93. The maximum Gasteiger partial charge on any atom is 0.229 e. The normalized spacial score (nSPS) is 18.6. The van der Waals surface area contributed by atoms with Gasteiger partial charge >= 0.3 is 0 Å². The third-order valence-electron chi connectivity index (χ3n) is 3.65. The van der Waals surface area contributed by atoms with E-state index in [1.165, 1.54) is 0 Å². The number of likely N-dealkylation sites (tertiary alicyclic amines) is 1. The smallest absolute Gasteiger partial charge is 0.229 e. The van der Waals surface area contributed by atoms with E-state index in [-0.39, 0.29) is 17.7 Å². The summed E-state index contributed by atoms with van der Waals surface area (Å²) in [6.45, 7) is 3.34. The summed E-state index contributed by atoms with van der Waals surface area (Å²) in [6.07, 6.45) is 3.19. The molecule has 0 saturated carbocycles. The minimum Gasteiger partial charge on any atom is -0.342 e. The van der Waals surface area contributed by atoms with Crippen molar-refractivity contribution < 1.29 is 9.59 Å². The number of carbonyl (C=O) groups excluding carboxylic acids is 2. The molecule has 1 atom stereocenters. The van der Waals surface area contributed by atoms with E-state index in [1.54, 1.807) is 0 Å². The van der Waals surface area contributed by atoms with E-state index in [4.69, 9.17) is 0 Å². The number of carbonyl (C=O) groups is 2. The molecule has 0 aromatic heterocycles. The quantitative estimate of drug-likeness (QED) is 0.917. The SMILES string of the molecule is CCCC(=O)N1CCCC(C(=O)Nc2ccccc2)C1. The van der Waals surface area contributed by atoms with Crippen LogP contribution in [0.4, 0.5) is 5.69 Å². The summed E-state index contributed by atoms with van der Waals surface area (Å²) < 4.78 is 0. The summed E-state index contributed by atoms with van der Waals surface area (Å²) in [4.78, 5) is 26.0. The predicted molar refractivity (Wildman–Crippen MR) is 79.3 cm³/mol. The molecule has 4 nitrogen and oxygen atoms in total. The number of piperidine rings is 1. The molecule has 1 heterocycles. The molecule has 20 heavy (non-hydrogen) atoms. The zero-order valence-corrected chi connectivity index (χ0v) is 12.0. The minimum atomic E-state index is -0.0928. The summed E-state index contributed by atoms with van der Waals surface area (Å²) in [5.74, 6) is 0.0969. The zero-order valence-electron chi connectivity index (χ0n) is 12.0. The molecule has 1 N–H and O–H groups in total. The average molecular weight is 274 g/mol. The summed E-state index contributed by atoms with van der Waals surface area (Å²) >= 11 is 0. The van der Waals surface area contributed by atoms with Crippen molar-refractivity contribution in [3.63, 3.8) is 0 Å². The summed E-state index contributed by atoms with van der Waals surface area (Å²) in [6, 6.07) is 9.46. The molecule has 0 bridgehead atoms. The molecule has 108 valence electrons. The van der Waals surface area contributed by atoms with Gasteiger partial charge in [-0.25, -0.2) is 0 Å². The van der Waals surface area contributed by atoms with Crippen molar-refractivity contribution in [2.45, 2.75) is 32.6 Å². The Morgan fingerprint density at radius 1 is 1.30 bits per heavy atom. The van der Waals surface area contributed by atoms with Gasteiger partial charge in [0, 0.05) is 25.2 Å². The van der Waals surface area contributed by atoms with Crippen LogP contribution < -0.4 is 5.32 Å². The summed E-state index contributed by atoms with van der Waals surface area (Å²) in [5.41, 5.74) is 0.814. The number of anilines is 1.